The number of rotatable bonds is 3. The molecule has 0 aliphatic heterocycles. The summed E-state index contributed by atoms with van der Waals surface area (Å²) in [5, 5.41) is 3.29. The fourth-order valence-electron chi connectivity index (χ4n) is 2.02. The van der Waals surface area contributed by atoms with Gasteiger partial charge in [0.15, 0.2) is 0 Å². The second-order valence-corrected chi connectivity index (χ2v) is 4.74. The van der Waals surface area contributed by atoms with Gasteiger partial charge in [0.1, 0.15) is 5.82 Å². The van der Waals surface area contributed by atoms with Gasteiger partial charge in [0.05, 0.1) is 0 Å². The summed E-state index contributed by atoms with van der Waals surface area (Å²) in [5.41, 5.74) is 5.68. The molecule has 0 aromatic heterocycles. The van der Waals surface area contributed by atoms with Crippen molar-refractivity contribution in [3.05, 3.63) is 64.5 Å². The Morgan fingerprint density at radius 1 is 0.944 bits per heavy atom. The highest BCUT2D eigenvalue weighted by molar-refractivity contribution is 5.51. The molecule has 2 heteroatoms. The summed E-state index contributed by atoms with van der Waals surface area (Å²) in [4.78, 5) is 0. The molecule has 1 nitrogen and oxygen atoms in total. The zero-order chi connectivity index (χ0) is 13.1. The predicted molar refractivity (Wildman–Crippen MR) is 74.4 cm³/mol. The first-order valence-corrected chi connectivity index (χ1v) is 6.12. The molecule has 0 saturated carbocycles. The Balaban J connectivity index is 2.13. The molecule has 0 amide bonds. The van der Waals surface area contributed by atoms with Crippen molar-refractivity contribution in [3.63, 3.8) is 0 Å². The second-order valence-electron chi connectivity index (χ2n) is 4.74. The smallest absolute Gasteiger partial charge is 0.125 e. The lowest BCUT2D eigenvalue weighted by Gasteiger charge is -2.12. The van der Waals surface area contributed by atoms with Gasteiger partial charge < -0.3 is 5.32 Å². The Morgan fingerprint density at radius 2 is 1.72 bits per heavy atom. The van der Waals surface area contributed by atoms with E-state index in [9.17, 15) is 4.39 Å². The van der Waals surface area contributed by atoms with Crippen molar-refractivity contribution in [2.45, 2.75) is 27.3 Å². The second kappa shape index (κ2) is 5.21. The van der Waals surface area contributed by atoms with E-state index in [-0.39, 0.29) is 5.82 Å². The van der Waals surface area contributed by atoms with Crippen LogP contribution in [0.15, 0.2) is 36.4 Å². The molecule has 0 fully saturated rings. The van der Waals surface area contributed by atoms with Crippen LogP contribution in [0.1, 0.15) is 22.3 Å². The molecule has 0 unspecified atom stereocenters. The average Bonchev–Trinajstić information content (AvgIpc) is 2.32. The van der Waals surface area contributed by atoms with E-state index in [2.05, 4.69) is 37.4 Å². The lowest BCUT2D eigenvalue weighted by atomic mass is 10.1. The molecular weight excluding hydrogens is 225 g/mol. The Bertz CT molecular complexity index is 561. The van der Waals surface area contributed by atoms with Crippen molar-refractivity contribution < 1.29 is 4.39 Å². The summed E-state index contributed by atoms with van der Waals surface area (Å²) in [6, 6.07) is 11.2. The maximum atomic E-state index is 13.2. The average molecular weight is 243 g/mol. The largest absolute Gasteiger partial charge is 0.381 e. The highest BCUT2D eigenvalue weighted by Gasteiger charge is 2.02. The molecule has 1 N–H and O–H groups in total. The van der Waals surface area contributed by atoms with E-state index in [1.165, 1.54) is 22.8 Å². The lowest BCUT2D eigenvalue weighted by molar-refractivity contribution is 0.628. The number of nitrogens with one attached hydrogen (secondary N) is 1. The fourth-order valence-corrected chi connectivity index (χ4v) is 2.02. The first-order chi connectivity index (χ1) is 8.56. The summed E-state index contributed by atoms with van der Waals surface area (Å²) in [7, 11) is 0. The summed E-state index contributed by atoms with van der Waals surface area (Å²) >= 11 is 0. The van der Waals surface area contributed by atoms with Crippen LogP contribution in [0.3, 0.4) is 0 Å². The Morgan fingerprint density at radius 3 is 2.44 bits per heavy atom. The number of benzene rings is 2. The SMILES string of the molecule is Cc1ccc(CNc2cc(F)ccc2C)c(C)c1. The van der Waals surface area contributed by atoms with Gasteiger partial charge in [-0.25, -0.2) is 4.39 Å². The van der Waals surface area contributed by atoms with Crippen molar-refractivity contribution in [3.8, 4) is 0 Å². The molecule has 2 aromatic carbocycles. The third-order valence-electron chi connectivity index (χ3n) is 3.17. The van der Waals surface area contributed by atoms with Crippen molar-refractivity contribution in [2.75, 3.05) is 5.32 Å². The van der Waals surface area contributed by atoms with E-state index in [0.717, 1.165) is 17.8 Å². The number of halogens is 1. The molecule has 0 saturated heterocycles. The van der Waals surface area contributed by atoms with Crippen molar-refractivity contribution in [1.82, 2.24) is 0 Å². The van der Waals surface area contributed by atoms with Gasteiger partial charge >= 0.3 is 0 Å². The predicted octanol–water partition coefficient (Wildman–Crippen LogP) is 4.36. The monoisotopic (exact) mass is 243 g/mol. The molecule has 2 rings (SSSR count). The molecular formula is C16H18FN. The van der Waals surface area contributed by atoms with Crippen molar-refractivity contribution in [1.29, 1.82) is 0 Å². The summed E-state index contributed by atoms with van der Waals surface area (Å²) in [6.07, 6.45) is 0. The lowest BCUT2D eigenvalue weighted by Crippen LogP contribution is -2.03. The molecule has 94 valence electrons. The summed E-state index contributed by atoms with van der Waals surface area (Å²) in [6.45, 7) is 6.88. The van der Waals surface area contributed by atoms with E-state index in [4.69, 9.17) is 0 Å². The molecule has 0 radical (unpaired) electrons. The number of hydrogen-bond acceptors (Lipinski definition) is 1. The van der Waals surface area contributed by atoms with E-state index in [1.54, 1.807) is 12.1 Å². The Kier molecular flexibility index (Phi) is 3.66. The third-order valence-corrected chi connectivity index (χ3v) is 3.17. The molecule has 0 spiro atoms. The molecule has 18 heavy (non-hydrogen) atoms. The topological polar surface area (TPSA) is 12.0 Å². The van der Waals surface area contributed by atoms with E-state index in [0.29, 0.717) is 0 Å². The van der Waals surface area contributed by atoms with Crippen LogP contribution >= 0.6 is 0 Å². The van der Waals surface area contributed by atoms with Crippen LogP contribution in [0, 0.1) is 26.6 Å². The van der Waals surface area contributed by atoms with Gasteiger partial charge in [0.2, 0.25) is 0 Å². The third kappa shape index (κ3) is 2.89. The molecule has 0 aliphatic rings. The first kappa shape index (κ1) is 12.6. The van der Waals surface area contributed by atoms with Crippen LogP contribution in [-0.2, 0) is 6.54 Å². The zero-order valence-electron chi connectivity index (χ0n) is 11.0. The minimum Gasteiger partial charge on any atom is -0.381 e. The molecule has 2 aromatic rings. The van der Waals surface area contributed by atoms with E-state index in [1.807, 2.05) is 6.92 Å². The molecule has 0 bridgehead atoms. The van der Waals surface area contributed by atoms with Gasteiger partial charge in [-0.15, -0.1) is 0 Å². The van der Waals surface area contributed by atoms with Gasteiger partial charge in [0.25, 0.3) is 0 Å². The maximum Gasteiger partial charge on any atom is 0.125 e. The minimum absolute atomic E-state index is 0.205. The number of anilines is 1. The van der Waals surface area contributed by atoms with Crippen LogP contribution in [0.2, 0.25) is 0 Å². The Hall–Kier alpha value is -1.83. The highest BCUT2D eigenvalue weighted by Crippen LogP contribution is 2.18. The minimum atomic E-state index is -0.205. The molecule has 0 aliphatic carbocycles. The van der Waals surface area contributed by atoms with Crippen LogP contribution in [0.25, 0.3) is 0 Å². The highest BCUT2D eigenvalue weighted by atomic mass is 19.1. The van der Waals surface area contributed by atoms with Crippen LogP contribution in [-0.4, -0.2) is 0 Å². The Labute approximate surface area is 108 Å². The van der Waals surface area contributed by atoms with E-state index < -0.39 is 0 Å². The quantitative estimate of drug-likeness (QED) is 0.844. The maximum absolute atomic E-state index is 13.2. The van der Waals surface area contributed by atoms with Crippen molar-refractivity contribution >= 4 is 5.69 Å². The number of hydrogen-bond donors (Lipinski definition) is 1. The molecule has 0 atom stereocenters. The van der Waals surface area contributed by atoms with Gasteiger partial charge in [-0.2, -0.15) is 0 Å². The van der Waals surface area contributed by atoms with Gasteiger partial charge in [-0.1, -0.05) is 29.8 Å². The summed E-state index contributed by atoms with van der Waals surface area (Å²) in [5.74, 6) is -0.205. The van der Waals surface area contributed by atoms with E-state index >= 15 is 0 Å². The first-order valence-electron chi connectivity index (χ1n) is 6.12. The van der Waals surface area contributed by atoms with Gasteiger partial charge in [-0.3, -0.25) is 0 Å². The zero-order valence-corrected chi connectivity index (χ0v) is 11.0. The van der Waals surface area contributed by atoms with Crippen LogP contribution in [0.5, 0.6) is 0 Å². The van der Waals surface area contributed by atoms with Crippen LogP contribution < -0.4 is 5.32 Å². The number of aryl methyl sites for hydroxylation is 3. The van der Waals surface area contributed by atoms with Gasteiger partial charge in [0, 0.05) is 12.2 Å². The normalized spacial score (nSPS) is 10.4. The standard InChI is InChI=1S/C16H18FN/c1-11-4-6-14(13(3)8-11)10-18-16-9-15(17)7-5-12(16)2/h4-9,18H,10H2,1-3H3. The van der Waals surface area contributed by atoms with Crippen LogP contribution in [0.4, 0.5) is 10.1 Å². The van der Waals surface area contributed by atoms with Crippen molar-refractivity contribution in [2.24, 2.45) is 0 Å². The fraction of sp³-hybridized carbons (Fsp3) is 0.250. The molecule has 0 heterocycles. The summed E-state index contributed by atoms with van der Waals surface area (Å²) < 4.78 is 13.2. The van der Waals surface area contributed by atoms with Gasteiger partial charge in [-0.05, 0) is 49.6 Å².